The zero-order valence-electron chi connectivity index (χ0n) is 21.8. The van der Waals surface area contributed by atoms with E-state index in [1.54, 1.807) is 13.3 Å². The highest BCUT2D eigenvalue weighted by molar-refractivity contribution is 8.01. The lowest BCUT2D eigenvalue weighted by molar-refractivity contribution is -0.137. The number of carbonyl (C=O) groups is 1. The van der Waals surface area contributed by atoms with Crippen molar-refractivity contribution in [2.45, 2.75) is 55.8 Å². The van der Waals surface area contributed by atoms with Crippen LogP contribution in [0, 0.1) is 18.8 Å². The van der Waals surface area contributed by atoms with Crippen molar-refractivity contribution in [3.63, 3.8) is 0 Å². The fourth-order valence-electron chi connectivity index (χ4n) is 5.43. The molecular weight excluding hydrogens is 504 g/mol. The van der Waals surface area contributed by atoms with Gasteiger partial charge in [-0.1, -0.05) is 0 Å². The number of fused-ring (bicyclic) bond motifs is 1. The van der Waals surface area contributed by atoms with Gasteiger partial charge in [-0.15, -0.1) is 23.1 Å². The second-order valence-electron chi connectivity index (χ2n) is 10.0. The summed E-state index contributed by atoms with van der Waals surface area (Å²) in [6.07, 6.45) is 5.80. The lowest BCUT2D eigenvalue weighted by Crippen LogP contribution is -2.41. The summed E-state index contributed by atoms with van der Waals surface area (Å²) in [6, 6.07) is 9.81. The number of rotatable bonds is 13. The molecule has 2 aromatic heterocycles. The summed E-state index contributed by atoms with van der Waals surface area (Å²) in [6.45, 7) is 5.22. The van der Waals surface area contributed by atoms with E-state index in [0.717, 1.165) is 66.9 Å². The van der Waals surface area contributed by atoms with Gasteiger partial charge in [-0.05, 0) is 111 Å². The van der Waals surface area contributed by atoms with Crippen molar-refractivity contribution in [3.05, 3.63) is 53.0 Å². The zero-order valence-corrected chi connectivity index (χ0v) is 23.4. The Labute approximate surface area is 228 Å². The van der Waals surface area contributed by atoms with Crippen molar-refractivity contribution in [1.82, 2.24) is 9.88 Å². The van der Waals surface area contributed by atoms with Crippen molar-refractivity contribution in [2.24, 2.45) is 11.8 Å². The summed E-state index contributed by atoms with van der Waals surface area (Å²) in [7, 11) is 1.64. The number of ether oxygens (including phenoxy) is 1. The first-order chi connectivity index (χ1) is 17.9. The number of aliphatic hydroxyl groups excluding tert-OH is 1. The van der Waals surface area contributed by atoms with E-state index in [0.29, 0.717) is 24.7 Å². The van der Waals surface area contributed by atoms with E-state index in [1.165, 1.54) is 9.77 Å². The molecule has 1 aromatic carbocycles. The summed E-state index contributed by atoms with van der Waals surface area (Å²) < 4.78 is 6.79. The number of benzene rings is 1. The Bertz CT molecular complexity index is 1170. The molecule has 3 atom stereocenters. The van der Waals surface area contributed by atoms with Crippen LogP contribution in [0.2, 0.25) is 0 Å². The highest BCUT2D eigenvalue weighted by Crippen LogP contribution is 2.35. The molecule has 1 fully saturated rings. The van der Waals surface area contributed by atoms with Gasteiger partial charge >= 0.3 is 5.97 Å². The number of thiophene rings is 1. The summed E-state index contributed by atoms with van der Waals surface area (Å²) in [5.41, 5.74) is 3.09. The summed E-state index contributed by atoms with van der Waals surface area (Å²) >= 11 is 3.76. The number of carboxylic acid groups (broad SMARTS) is 1. The molecule has 6 nitrogen and oxygen atoms in total. The molecule has 3 aromatic rings. The Kier molecular flexibility index (Phi) is 10.3. The summed E-state index contributed by atoms with van der Waals surface area (Å²) in [5.74, 6) is 1.90. The number of aliphatic carboxylic acids is 1. The van der Waals surface area contributed by atoms with Crippen LogP contribution in [-0.4, -0.2) is 58.6 Å². The van der Waals surface area contributed by atoms with Crippen molar-refractivity contribution < 1.29 is 19.7 Å². The largest absolute Gasteiger partial charge is 0.497 e. The average Bonchev–Trinajstić information content (AvgIpc) is 3.32. The Balaban J connectivity index is 1.32. The molecule has 1 aliphatic heterocycles. The van der Waals surface area contributed by atoms with Crippen molar-refractivity contribution in [3.8, 4) is 5.75 Å². The Morgan fingerprint density at radius 3 is 2.89 bits per heavy atom. The van der Waals surface area contributed by atoms with Crippen LogP contribution in [0.5, 0.6) is 5.75 Å². The third-order valence-electron chi connectivity index (χ3n) is 7.52. The van der Waals surface area contributed by atoms with Gasteiger partial charge in [0.25, 0.3) is 0 Å². The molecule has 37 heavy (non-hydrogen) atoms. The lowest BCUT2D eigenvalue weighted by Gasteiger charge is -2.39. The van der Waals surface area contributed by atoms with Crippen LogP contribution in [-0.2, 0) is 4.79 Å². The molecule has 1 unspecified atom stereocenters. The number of hydrogen-bond donors (Lipinski definition) is 2. The molecule has 0 spiro atoms. The van der Waals surface area contributed by atoms with E-state index >= 15 is 0 Å². The molecule has 200 valence electrons. The number of nitrogens with zero attached hydrogens (tertiary/aromatic N) is 2. The smallest absolute Gasteiger partial charge is 0.303 e. The number of hydrogen-bond acceptors (Lipinski definition) is 7. The molecule has 2 N–H and O–H groups in total. The quantitative estimate of drug-likeness (QED) is 0.191. The molecule has 3 heterocycles. The first-order valence-electron chi connectivity index (χ1n) is 13.2. The topological polar surface area (TPSA) is 82.9 Å². The number of aromatic nitrogens is 1. The normalized spacial score (nSPS) is 19.2. The van der Waals surface area contributed by atoms with Gasteiger partial charge in [-0.3, -0.25) is 9.78 Å². The molecule has 0 amide bonds. The average molecular weight is 543 g/mol. The summed E-state index contributed by atoms with van der Waals surface area (Å²) in [4.78, 5) is 18.3. The first-order valence-corrected chi connectivity index (χ1v) is 15.0. The van der Waals surface area contributed by atoms with Crippen LogP contribution in [0.15, 0.2) is 46.1 Å². The van der Waals surface area contributed by atoms with Gasteiger partial charge in [0.15, 0.2) is 0 Å². The molecule has 8 heteroatoms. The van der Waals surface area contributed by atoms with Gasteiger partial charge in [-0.2, -0.15) is 0 Å². The van der Waals surface area contributed by atoms with Crippen LogP contribution >= 0.6 is 23.1 Å². The van der Waals surface area contributed by atoms with Crippen LogP contribution in [0.1, 0.15) is 55.8 Å². The maximum absolute atomic E-state index is 11.3. The van der Waals surface area contributed by atoms with Crippen molar-refractivity contribution in [2.75, 3.05) is 32.5 Å². The Morgan fingerprint density at radius 2 is 2.14 bits per heavy atom. The maximum atomic E-state index is 11.3. The fraction of sp³-hybridized carbons (Fsp3) is 0.517. The molecule has 0 radical (unpaired) electrons. The first kappa shape index (κ1) is 27.9. The van der Waals surface area contributed by atoms with Crippen LogP contribution in [0.3, 0.4) is 0 Å². The van der Waals surface area contributed by atoms with Gasteiger partial charge in [0.05, 0.1) is 22.9 Å². The van der Waals surface area contributed by atoms with Crippen molar-refractivity contribution in [1.29, 1.82) is 0 Å². The minimum Gasteiger partial charge on any atom is -0.497 e. The molecule has 4 rings (SSSR count). The monoisotopic (exact) mass is 542 g/mol. The van der Waals surface area contributed by atoms with E-state index in [-0.39, 0.29) is 6.42 Å². The Morgan fingerprint density at radius 1 is 1.27 bits per heavy atom. The zero-order chi connectivity index (χ0) is 26.2. The van der Waals surface area contributed by atoms with E-state index in [2.05, 4.69) is 28.3 Å². The highest BCUT2D eigenvalue weighted by atomic mass is 32.2. The maximum Gasteiger partial charge on any atom is 0.303 e. The van der Waals surface area contributed by atoms with E-state index < -0.39 is 12.1 Å². The predicted octanol–water partition coefficient (Wildman–Crippen LogP) is 6.41. The third kappa shape index (κ3) is 7.69. The Hall–Kier alpha value is -2.13. The van der Waals surface area contributed by atoms with Crippen LogP contribution in [0.25, 0.3) is 10.9 Å². The van der Waals surface area contributed by atoms with Crippen LogP contribution in [0.4, 0.5) is 0 Å². The van der Waals surface area contributed by atoms with Crippen LogP contribution < -0.4 is 4.74 Å². The molecule has 0 aliphatic carbocycles. The minimum absolute atomic E-state index is 0.208. The highest BCUT2D eigenvalue weighted by Gasteiger charge is 2.30. The lowest BCUT2D eigenvalue weighted by atomic mass is 9.79. The van der Waals surface area contributed by atoms with Gasteiger partial charge < -0.3 is 19.8 Å². The number of aliphatic hydroxyl groups is 1. The molecule has 0 bridgehead atoms. The molecule has 1 aliphatic rings. The third-order valence-corrected chi connectivity index (χ3v) is 10.1. The van der Waals surface area contributed by atoms with E-state index in [4.69, 9.17) is 4.74 Å². The van der Waals surface area contributed by atoms with Gasteiger partial charge in [0.1, 0.15) is 5.75 Å². The number of likely N-dealkylation sites (tertiary alicyclic amines) is 1. The fourth-order valence-corrected chi connectivity index (χ4v) is 7.52. The standard InChI is InChI=1S/C29H38N2O4S2/c1-20-12-17-37-29(20)36-16-3-14-31-15-11-21(22(19-31)5-9-28(33)34)4-8-27(32)24-10-13-30-26-7-6-23(35-2)18-25(24)26/h6-7,10,12-13,17-18,21-22,27,32H,3-5,8-9,11,14-16,19H2,1-2H3,(H,33,34)/t21-,22+,27?/m1/s1. The number of piperidine rings is 1. The second-order valence-corrected chi connectivity index (χ2v) is 12.3. The predicted molar refractivity (Wildman–Crippen MR) is 152 cm³/mol. The second kappa shape index (κ2) is 13.6. The van der Waals surface area contributed by atoms with Crippen molar-refractivity contribution >= 4 is 40.0 Å². The number of aryl methyl sites for hydroxylation is 1. The summed E-state index contributed by atoms with van der Waals surface area (Å²) in [5, 5.41) is 23.5. The van der Waals surface area contributed by atoms with Gasteiger partial charge in [-0.25, -0.2) is 0 Å². The van der Waals surface area contributed by atoms with Gasteiger partial charge in [0, 0.05) is 30.3 Å². The number of thioether (sulfide) groups is 1. The number of carboxylic acids is 1. The van der Waals surface area contributed by atoms with E-state index in [1.807, 2.05) is 47.4 Å². The number of pyridine rings is 1. The molecular formula is C29H38N2O4S2. The molecule has 1 saturated heterocycles. The van der Waals surface area contributed by atoms with E-state index in [9.17, 15) is 15.0 Å². The number of methoxy groups -OCH3 is 1. The van der Waals surface area contributed by atoms with Gasteiger partial charge in [0.2, 0.25) is 0 Å². The minimum atomic E-state index is -0.726. The SMILES string of the molecule is COc1ccc2nccc(C(O)CC[C@@H]3CCN(CCCSc4sccc4C)C[C@@H]3CCC(=O)O)c2c1. The molecule has 0 saturated carbocycles.